The zero-order valence-electron chi connectivity index (χ0n) is 14.5. The normalized spacial score (nSPS) is 15.3. The quantitative estimate of drug-likeness (QED) is 0.908. The van der Waals surface area contributed by atoms with E-state index in [1.165, 1.54) is 0 Å². The van der Waals surface area contributed by atoms with Crippen LogP contribution in [-0.4, -0.2) is 20.9 Å². The van der Waals surface area contributed by atoms with Crippen LogP contribution < -0.4 is 9.62 Å². The number of benzene rings is 2. The molecule has 0 aliphatic carbocycles. The van der Waals surface area contributed by atoms with Gasteiger partial charge in [-0.05, 0) is 62.1 Å². The third-order valence-electron chi connectivity index (χ3n) is 4.50. The Labute approximate surface area is 148 Å². The Bertz CT molecular complexity index is 869. The fraction of sp³-hybridized carbons (Fsp3) is 0.316. The molecule has 5 nitrogen and oxygen atoms in total. The van der Waals surface area contributed by atoms with Crippen LogP contribution in [0.5, 0.6) is 0 Å². The SMILES string of the molecule is Cc1cccc(C)c1NS(=O)(=O)c1ccc(N2CCCCC2=O)cc1. The fourth-order valence-electron chi connectivity index (χ4n) is 3.05. The van der Waals surface area contributed by atoms with Crippen molar-refractivity contribution in [1.82, 2.24) is 0 Å². The Morgan fingerprint density at radius 2 is 1.60 bits per heavy atom. The number of sulfonamides is 1. The maximum atomic E-state index is 12.7. The third-order valence-corrected chi connectivity index (χ3v) is 5.87. The molecule has 1 amide bonds. The number of carbonyl (C=O) groups is 1. The van der Waals surface area contributed by atoms with Crippen LogP contribution in [0.15, 0.2) is 47.4 Å². The van der Waals surface area contributed by atoms with Gasteiger partial charge in [0, 0.05) is 18.7 Å². The second kappa shape index (κ2) is 6.88. The summed E-state index contributed by atoms with van der Waals surface area (Å²) in [4.78, 5) is 13.9. The van der Waals surface area contributed by atoms with Gasteiger partial charge in [0.15, 0.2) is 0 Å². The first-order chi connectivity index (χ1) is 11.9. The van der Waals surface area contributed by atoms with Crippen LogP contribution in [-0.2, 0) is 14.8 Å². The Balaban J connectivity index is 1.84. The van der Waals surface area contributed by atoms with E-state index in [0.29, 0.717) is 18.7 Å². The van der Waals surface area contributed by atoms with Crippen molar-refractivity contribution < 1.29 is 13.2 Å². The van der Waals surface area contributed by atoms with Crippen LogP contribution in [0.1, 0.15) is 30.4 Å². The van der Waals surface area contributed by atoms with Crippen molar-refractivity contribution in [2.45, 2.75) is 38.0 Å². The number of rotatable bonds is 4. The molecule has 2 aromatic rings. The molecule has 6 heteroatoms. The van der Waals surface area contributed by atoms with E-state index < -0.39 is 10.0 Å². The summed E-state index contributed by atoms with van der Waals surface area (Å²) in [6.45, 7) is 4.43. The monoisotopic (exact) mass is 358 g/mol. The van der Waals surface area contributed by atoms with Crippen molar-refractivity contribution in [2.24, 2.45) is 0 Å². The molecule has 0 aromatic heterocycles. The highest BCUT2D eigenvalue weighted by Gasteiger charge is 2.21. The molecule has 0 atom stereocenters. The average molecular weight is 358 g/mol. The molecule has 0 spiro atoms. The Hall–Kier alpha value is -2.34. The number of para-hydroxylation sites is 1. The molecule has 0 unspecified atom stereocenters. The number of amides is 1. The van der Waals surface area contributed by atoms with Crippen molar-refractivity contribution in [3.63, 3.8) is 0 Å². The topological polar surface area (TPSA) is 66.5 Å². The van der Waals surface area contributed by atoms with Gasteiger partial charge in [-0.15, -0.1) is 0 Å². The lowest BCUT2D eigenvalue weighted by Crippen LogP contribution is -2.35. The Morgan fingerprint density at radius 1 is 0.960 bits per heavy atom. The molecule has 1 heterocycles. The minimum atomic E-state index is -3.67. The molecule has 1 N–H and O–H groups in total. The summed E-state index contributed by atoms with van der Waals surface area (Å²) in [5.74, 6) is 0.0931. The summed E-state index contributed by atoms with van der Waals surface area (Å²) in [6.07, 6.45) is 2.44. The van der Waals surface area contributed by atoms with Crippen molar-refractivity contribution in [3.8, 4) is 0 Å². The van der Waals surface area contributed by atoms with Gasteiger partial charge in [-0.25, -0.2) is 8.42 Å². The van der Waals surface area contributed by atoms with E-state index in [0.717, 1.165) is 29.7 Å². The predicted octanol–water partition coefficient (Wildman–Crippen LogP) is 3.62. The first-order valence-electron chi connectivity index (χ1n) is 8.38. The zero-order chi connectivity index (χ0) is 18.0. The molecular formula is C19H22N2O3S. The Morgan fingerprint density at radius 3 is 2.20 bits per heavy atom. The zero-order valence-corrected chi connectivity index (χ0v) is 15.3. The lowest BCUT2D eigenvalue weighted by molar-refractivity contribution is -0.119. The van der Waals surface area contributed by atoms with Gasteiger partial charge < -0.3 is 4.90 Å². The molecule has 0 radical (unpaired) electrons. The number of nitrogens with zero attached hydrogens (tertiary/aromatic N) is 1. The maximum absolute atomic E-state index is 12.7. The molecule has 0 bridgehead atoms. The van der Waals surface area contributed by atoms with Crippen LogP contribution >= 0.6 is 0 Å². The van der Waals surface area contributed by atoms with Crippen LogP contribution in [0.4, 0.5) is 11.4 Å². The van der Waals surface area contributed by atoms with Gasteiger partial charge in [0.05, 0.1) is 10.6 Å². The molecular weight excluding hydrogens is 336 g/mol. The van der Waals surface area contributed by atoms with E-state index >= 15 is 0 Å². The van der Waals surface area contributed by atoms with Gasteiger partial charge in [0.1, 0.15) is 0 Å². The number of aryl methyl sites for hydroxylation is 2. The average Bonchev–Trinajstić information content (AvgIpc) is 2.59. The van der Waals surface area contributed by atoms with Crippen LogP contribution in [0, 0.1) is 13.8 Å². The molecule has 2 aromatic carbocycles. The van der Waals surface area contributed by atoms with Crippen molar-refractivity contribution in [2.75, 3.05) is 16.2 Å². The highest BCUT2D eigenvalue weighted by Crippen LogP contribution is 2.26. The summed E-state index contributed by atoms with van der Waals surface area (Å²) >= 11 is 0. The first kappa shape index (κ1) is 17.5. The largest absolute Gasteiger partial charge is 0.312 e. The number of hydrogen-bond acceptors (Lipinski definition) is 3. The molecule has 3 rings (SSSR count). The second-order valence-electron chi connectivity index (χ2n) is 6.37. The second-order valence-corrected chi connectivity index (χ2v) is 8.05. The summed E-state index contributed by atoms with van der Waals surface area (Å²) in [6, 6.07) is 12.1. The van der Waals surface area contributed by atoms with Crippen molar-refractivity contribution >= 4 is 27.3 Å². The van der Waals surface area contributed by atoms with E-state index in [1.807, 2.05) is 32.0 Å². The van der Waals surface area contributed by atoms with Crippen LogP contribution in [0.25, 0.3) is 0 Å². The number of carbonyl (C=O) groups excluding carboxylic acids is 1. The van der Waals surface area contributed by atoms with E-state index in [1.54, 1.807) is 29.2 Å². The highest BCUT2D eigenvalue weighted by atomic mass is 32.2. The number of hydrogen-bond donors (Lipinski definition) is 1. The minimum Gasteiger partial charge on any atom is -0.312 e. The Kier molecular flexibility index (Phi) is 4.81. The summed E-state index contributed by atoms with van der Waals surface area (Å²) in [5, 5.41) is 0. The standard InChI is InChI=1S/C19H22N2O3S/c1-14-6-5-7-15(2)19(14)20-25(23,24)17-11-9-16(10-12-17)21-13-4-3-8-18(21)22/h5-7,9-12,20H,3-4,8,13H2,1-2H3. The third kappa shape index (κ3) is 3.69. The summed E-state index contributed by atoms with van der Waals surface area (Å²) in [7, 11) is -3.67. The summed E-state index contributed by atoms with van der Waals surface area (Å²) < 4.78 is 28.0. The smallest absolute Gasteiger partial charge is 0.261 e. The van der Waals surface area contributed by atoms with Gasteiger partial charge in [-0.2, -0.15) is 0 Å². The van der Waals surface area contributed by atoms with Crippen LogP contribution in [0.3, 0.4) is 0 Å². The molecule has 25 heavy (non-hydrogen) atoms. The molecule has 0 saturated carbocycles. The van der Waals surface area contributed by atoms with Gasteiger partial charge in [-0.3, -0.25) is 9.52 Å². The van der Waals surface area contributed by atoms with Gasteiger partial charge in [-0.1, -0.05) is 18.2 Å². The number of piperidine rings is 1. The van der Waals surface area contributed by atoms with Crippen molar-refractivity contribution in [3.05, 3.63) is 53.6 Å². The predicted molar refractivity (Wildman–Crippen MR) is 99.4 cm³/mol. The molecule has 1 aliphatic heterocycles. The highest BCUT2D eigenvalue weighted by molar-refractivity contribution is 7.92. The molecule has 132 valence electrons. The lowest BCUT2D eigenvalue weighted by atomic mass is 10.1. The molecule has 1 fully saturated rings. The molecule has 1 saturated heterocycles. The van der Waals surface area contributed by atoms with Gasteiger partial charge >= 0.3 is 0 Å². The van der Waals surface area contributed by atoms with Gasteiger partial charge in [0.2, 0.25) is 5.91 Å². The van der Waals surface area contributed by atoms with E-state index in [2.05, 4.69) is 4.72 Å². The van der Waals surface area contributed by atoms with E-state index in [-0.39, 0.29) is 10.8 Å². The lowest BCUT2D eigenvalue weighted by Gasteiger charge is -2.26. The minimum absolute atomic E-state index is 0.0931. The molecule has 1 aliphatic rings. The van der Waals surface area contributed by atoms with Gasteiger partial charge in [0.25, 0.3) is 10.0 Å². The van der Waals surface area contributed by atoms with E-state index in [4.69, 9.17) is 0 Å². The summed E-state index contributed by atoms with van der Waals surface area (Å²) in [5.41, 5.74) is 3.10. The van der Waals surface area contributed by atoms with Crippen molar-refractivity contribution in [1.29, 1.82) is 0 Å². The number of anilines is 2. The number of nitrogens with one attached hydrogen (secondary N) is 1. The first-order valence-corrected chi connectivity index (χ1v) is 9.86. The van der Waals surface area contributed by atoms with Crippen LogP contribution in [0.2, 0.25) is 0 Å². The fourth-order valence-corrected chi connectivity index (χ4v) is 4.26. The van der Waals surface area contributed by atoms with E-state index in [9.17, 15) is 13.2 Å². The maximum Gasteiger partial charge on any atom is 0.261 e.